The fourth-order valence-corrected chi connectivity index (χ4v) is 3.07. The highest BCUT2D eigenvalue weighted by molar-refractivity contribution is 14.0. The smallest absolute Gasteiger partial charge is 0.191 e. The fraction of sp³-hybridized carbons (Fsp3) is 0.381. The quantitative estimate of drug-likeness (QED) is 0.323. The first kappa shape index (κ1) is 21.3. The van der Waals surface area contributed by atoms with Crippen molar-refractivity contribution < 1.29 is 9.84 Å². The first-order valence-corrected chi connectivity index (χ1v) is 9.29. The van der Waals surface area contributed by atoms with Crippen molar-refractivity contribution in [2.24, 2.45) is 4.99 Å². The molecule has 0 radical (unpaired) electrons. The van der Waals surface area contributed by atoms with Crippen molar-refractivity contribution >= 4 is 29.9 Å². The molecule has 0 unspecified atom stereocenters. The zero-order chi connectivity index (χ0) is 18.2. The number of halogens is 1. The molecule has 1 heterocycles. The van der Waals surface area contributed by atoms with Crippen LogP contribution in [-0.4, -0.2) is 37.3 Å². The zero-order valence-electron chi connectivity index (χ0n) is 15.7. The summed E-state index contributed by atoms with van der Waals surface area (Å²) in [6.45, 7) is 5.19. The van der Waals surface area contributed by atoms with Gasteiger partial charge in [-0.15, -0.1) is 24.0 Å². The summed E-state index contributed by atoms with van der Waals surface area (Å²) in [5.74, 6) is 2.17. The Kier molecular flexibility index (Phi) is 8.71. The number of aromatic hydroxyl groups is 1. The maximum absolute atomic E-state index is 9.52. The molecule has 2 aromatic carbocycles. The number of hydrogen-bond donors (Lipinski definition) is 3. The summed E-state index contributed by atoms with van der Waals surface area (Å²) in [4.78, 5) is 4.66. The molecule has 5 nitrogen and oxygen atoms in total. The lowest BCUT2D eigenvalue weighted by Gasteiger charge is -2.11. The Hall–Kier alpha value is -1.96. The SMILES string of the molecule is CCNC(=NCCc1ccc2c(c1)CCO2)NCCc1cccc(O)c1.I. The van der Waals surface area contributed by atoms with E-state index in [0.29, 0.717) is 5.75 Å². The molecule has 0 saturated heterocycles. The van der Waals surface area contributed by atoms with Gasteiger partial charge in [0.1, 0.15) is 11.5 Å². The van der Waals surface area contributed by atoms with E-state index in [2.05, 4.69) is 40.7 Å². The number of fused-ring (bicyclic) bond motifs is 1. The van der Waals surface area contributed by atoms with Crippen LogP contribution < -0.4 is 15.4 Å². The molecule has 3 N–H and O–H groups in total. The Labute approximate surface area is 178 Å². The minimum Gasteiger partial charge on any atom is -0.508 e. The van der Waals surface area contributed by atoms with Gasteiger partial charge in [0.2, 0.25) is 0 Å². The highest BCUT2D eigenvalue weighted by Gasteiger charge is 2.11. The lowest BCUT2D eigenvalue weighted by molar-refractivity contribution is 0.357. The molecule has 0 atom stereocenters. The van der Waals surface area contributed by atoms with Crippen molar-refractivity contribution in [2.45, 2.75) is 26.2 Å². The first-order valence-electron chi connectivity index (χ1n) is 9.29. The fourth-order valence-electron chi connectivity index (χ4n) is 3.07. The Morgan fingerprint density at radius 1 is 1.11 bits per heavy atom. The average molecular weight is 481 g/mol. The van der Waals surface area contributed by atoms with Crippen LogP contribution in [0.3, 0.4) is 0 Å². The molecule has 27 heavy (non-hydrogen) atoms. The van der Waals surface area contributed by atoms with Crippen LogP contribution in [-0.2, 0) is 19.3 Å². The molecule has 146 valence electrons. The summed E-state index contributed by atoms with van der Waals surface area (Å²) in [7, 11) is 0. The van der Waals surface area contributed by atoms with E-state index < -0.39 is 0 Å². The Balaban J connectivity index is 0.00000261. The van der Waals surface area contributed by atoms with Crippen LogP contribution in [0.25, 0.3) is 0 Å². The van der Waals surface area contributed by atoms with Gasteiger partial charge >= 0.3 is 0 Å². The van der Waals surface area contributed by atoms with Crippen LogP contribution in [0.1, 0.15) is 23.6 Å². The van der Waals surface area contributed by atoms with Gasteiger partial charge in [0, 0.05) is 26.1 Å². The first-order chi connectivity index (χ1) is 12.7. The van der Waals surface area contributed by atoms with Gasteiger partial charge in [-0.05, 0) is 54.7 Å². The van der Waals surface area contributed by atoms with Gasteiger partial charge < -0.3 is 20.5 Å². The Bertz CT molecular complexity index is 765. The Morgan fingerprint density at radius 3 is 2.78 bits per heavy atom. The van der Waals surface area contributed by atoms with E-state index in [0.717, 1.165) is 62.8 Å². The van der Waals surface area contributed by atoms with Gasteiger partial charge in [-0.25, -0.2) is 0 Å². The number of nitrogens with one attached hydrogen (secondary N) is 2. The molecule has 0 amide bonds. The summed E-state index contributed by atoms with van der Waals surface area (Å²) in [6, 6.07) is 13.8. The summed E-state index contributed by atoms with van der Waals surface area (Å²) < 4.78 is 5.55. The molecule has 1 aliphatic heterocycles. The molecule has 0 spiro atoms. The number of rotatable bonds is 7. The van der Waals surface area contributed by atoms with Crippen molar-refractivity contribution in [3.63, 3.8) is 0 Å². The minimum absolute atomic E-state index is 0. The van der Waals surface area contributed by atoms with Crippen molar-refractivity contribution in [3.8, 4) is 11.5 Å². The predicted molar refractivity (Wildman–Crippen MR) is 121 cm³/mol. The monoisotopic (exact) mass is 481 g/mol. The van der Waals surface area contributed by atoms with Crippen LogP contribution in [0, 0.1) is 0 Å². The number of phenolic OH excluding ortho intramolecular Hbond substituents is 1. The minimum atomic E-state index is 0. The van der Waals surface area contributed by atoms with Gasteiger partial charge in [-0.3, -0.25) is 4.99 Å². The second-order valence-corrected chi connectivity index (χ2v) is 6.40. The third-order valence-corrected chi connectivity index (χ3v) is 4.39. The maximum Gasteiger partial charge on any atom is 0.191 e. The topological polar surface area (TPSA) is 65.9 Å². The van der Waals surface area contributed by atoms with Crippen LogP contribution in [0.5, 0.6) is 11.5 Å². The number of aliphatic imine (C=N–C) groups is 1. The molecule has 0 bridgehead atoms. The summed E-state index contributed by atoms with van der Waals surface area (Å²) in [5.41, 5.74) is 3.71. The summed E-state index contributed by atoms with van der Waals surface area (Å²) in [5, 5.41) is 16.2. The molecule has 0 fully saturated rings. The van der Waals surface area contributed by atoms with Crippen molar-refractivity contribution in [1.29, 1.82) is 0 Å². The van der Waals surface area contributed by atoms with Gasteiger partial charge in [0.15, 0.2) is 5.96 Å². The zero-order valence-corrected chi connectivity index (χ0v) is 18.0. The van der Waals surface area contributed by atoms with Crippen LogP contribution >= 0.6 is 24.0 Å². The maximum atomic E-state index is 9.52. The number of phenols is 1. The highest BCUT2D eigenvalue weighted by atomic mass is 127. The molecule has 3 rings (SSSR count). The van der Waals surface area contributed by atoms with E-state index >= 15 is 0 Å². The molecule has 1 aliphatic rings. The van der Waals surface area contributed by atoms with Gasteiger partial charge in [0.05, 0.1) is 6.61 Å². The second-order valence-electron chi connectivity index (χ2n) is 6.40. The summed E-state index contributed by atoms with van der Waals surface area (Å²) >= 11 is 0. The van der Waals surface area contributed by atoms with Crippen LogP contribution in [0.4, 0.5) is 0 Å². The predicted octanol–water partition coefficient (Wildman–Crippen LogP) is 3.29. The number of benzene rings is 2. The molecular formula is C21H28IN3O2. The van der Waals surface area contributed by atoms with Gasteiger partial charge in [-0.1, -0.05) is 24.3 Å². The molecule has 2 aromatic rings. The largest absolute Gasteiger partial charge is 0.508 e. The number of guanidine groups is 1. The van der Waals surface area contributed by atoms with E-state index in [1.165, 1.54) is 11.1 Å². The molecule has 0 aromatic heterocycles. The number of nitrogens with zero attached hydrogens (tertiary/aromatic N) is 1. The van der Waals surface area contributed by atoms with Crippen molar-refractivity contribution in [3.05, 3.63) is 59.2 Å². The number of ether oxygens (including phenoxy) is 1. The Morgan fingerprint density at radius 2 is 1.96 bits per heavy atom. The average Bonchev–Trinajstić information content (AvgIpc) is 3.09. The second kappa shape index (κ2) is 11.0. The van der Waals surface area contributed by atoms with Crippen molar-refractivity contribution in [2.75, 3.05) is 26.2 Å². The van der Waals surface area contributed by atoms with E-state index in [1.54, 1.807) is 12.1 Å². The van der Waals surface area contributed by atoms with E-state index in [9.17, 15) is 5.11 Å². The van der Waals surface area contributed by atoms with E-state index in [-0.39, 0.29) is 24.0 Å². The molecular weight excluding hydrogens is 453 g/mol. The number of hydrogen-bond acceptors (Lipinski definition) is 3. The van der Waals surface area contributed by atoms with Crippen LogP contribution in [0.15, 0.2) is 47.5 Å². The molecule has 6 heteroatoms. The third-order valence-electron chi connectivity index (χ3n) is 4.39. The van der Waals surface area contributed by atoms with E-state index in [4.69, 9.17) is 4.74 Å². The normalized spacial score (nSPS) is 12.7. The standard InChI is InChI=1S/C21H27N3O2.HI/c1-2-22-21(23-11-8-16-4-3-5-19(25)15-16)24-12-9-17-6-7-20-18(14-17)10-13-26-20;/h3-7,14-15,25H,2,8-13H2,1H3,(H2,22,23,24);1H. The van der Waals surface area contributed by atoms with Gasteiger partial charge in [-0.2, -0.15) is 0 Å². The lowest BCUT2D eigenvalue weighted by Crippen LogP contribution is -2.38. The molecule has 0 saturated carbocycles. The van der Waals surface area contributed by atoms with Crippen molar-refractivity contribution in [1.82, 2.24) is 10.6 Å². The highest BCUT2D eigenvalue weighted by Crippen LogP contribution is 2.25. The van der Waals surface area contributed by atoms with Gasteiger partial charge in [0.25, 0.3) is 0 Å². The summed E-state index contributed by atoms with van der Waals surface area (Å²) in [6.07, 6.45) is 2.76. The molecule has 0 aliphatic carbocycles. The van der Waals surface area contributed by atoms with Crippen LogP contribution in [0.2, 0.25) is 0 Å². The third kappa shape index (κ3) is 6.61. The lowest BCUT2D eigenvalue weighted by atomic mass is 10.1. The van der Waals surface area contributed by atoms with E-state index in [1.807, 2.05) is 12.1 Å².